The highest BCUT2D eigenvalue weighted by Crippen LogP contribution is 2.46. The second kappa shape index (κ2) is 11.5. The molecule has 0 spiro atoms. The van der Waals surface area contributed by atoms with Crippen LogP contribution in [0.1, 0.15) is 20.7 Å². The topological polar surface area (TPSA) is 71.1 Å². The normalized spacial score (nSPS) is 10.8. The summed E-state index contributed by atoms with van der Waals surface area (Å²) in [5, 5.41) is 3.57. The Kier molecular flexibility index (Phi) is 7.26. The quantitative estimate of drug-likeness (QED) is 0.147. The molecule has 6 nitrogen and oxygen atoms in total. The minimum absolute atomic E-state index is 0.340. The van der Waals surface area contributed by atoms with E-state index in [0.29, 0.717) is 45.3 Å². The van der Waals surface area contributed by atoms with Crippen LogP contribution in [0.15, 0.2) is 121 Å². The van der Waals surface area contributed by atoms with Crippen molar-refractivity contribution >= 4 is 33.5 Å². The molecule has 0 saturated carbocycles. The minimum atomic E-state index is -0.522. The molecule has 6 heteroatoms. The minimum Gasteiger partial charge on any atom is -0.497 e. The van der Waals surface area contributed by atoms with Crippen LogP contribution in [0.2, 0.25) is 0 Å². The van der Waals surface area contributed by atoms with E-state index in [1.54, 1.807) is 74.9 Å². The van der Waals surface area contributed by atoms with E-state index in [-0.39, 0.29) is 0 Å². The second-order valence-electron chi connectivity index (χ2n) is 9.56. The van der Waals surface area contributed by atoms with E-state index >= 15 is 0 Å². The van der Waals surface area contributed by atoms with Gasteiger partial charge in [-0.05, 0) is 82.2 Å². The number of hydrogen-bond acceptors (Lipinski definition) is 6. The van der Waals surface area contributed by atoms with Crippen molar-refractivity contribution in [3.63, 3.8) is 0 Å². The van der Waals surface area contributed by atoms with Crippen LogP contribution < -0.4 is 18.9 Å². The molecule has 6 rings (SSSR count). The summed E-state index contributed by atoms with van der Waals surface area (Å²) in [6.45, 7) is 0. The zero-order valence-electron chi connectivity index (χ0n) is 23.0. The molecular weight excluding hydrogens is 528 g/mol. The lowest BCUT2D eigenvalue weighted by atomic mass is 9.92. The highest BCUT2D eigenvalue weighted by molar-refractivity contribution is 6.11. The molecule has 0 aromatic heterocycles. The summed E-state index contributed by atoms with van der Waals surface area (Å²) < 4.78 is 22.5. The number of carbonyl (C=O) groups excluding carboxylic acids is 2. The van der Waals surface area contributed by atoms with Gasteiger partial charge in [0.1, 0.15) is 23.0 Å². The summed E-state index contributed by atoms with van der Waals surface area (Å²) in [4.78, 5) is 26.7. The number of ether oxygens (including phenoxy) is 4. The van der Waals surface area contributed by atoms with E-state index in [0.717, 1.165) is 21.5 Å². The van der Waals surface area contributed by atoms with E-state index < -0.39 is 11.9 Å². The first-order chi connectivity index (χ1) is 20.6. The molecule has 206 valence electrons. The third kappa shape index (κ3) is 5.13. The molecule has 0 saturated heterocycles. The van der Waals surface area contributed by atoms with Gasteiger partial charge in [0.2, 0.25) is 0 Å². The Hall–Kier alpha value is -5.62. The van der Waals surface area contributed by atoms with Gasteiger partial charge in [-0.15, -0.1) is 0 Å². The van der Waals surface area contributed by atoms with E-state index in [1.807, 2.05) is 60.7 Å². The van der Waals surface area contributed by atoms with Gasteiger partial charge in [-0.2, -0.15) is 0 Å². The molecule has 42 heavy (non-hydrogen) atoms. The Balaban J connectivity index is 1.52. The van der Waals surface area contributed by atoms with Crippen molar-refractivity contribution in [2.24, 2.45) is 0 Å². The van der Waals surface area contributed by atoms with Crippen LogP contribution in [0, 0.1) is 0 Å². The lowest BCUT2D eigenvalue weighted by molar-refractivity contribution is 0.0723. The van der Waals surface area contributed by atoms with Gasteiger partial charge in [0, 0.05) is 11.1 Å². The van der Waals surface area contributed by atoms with E-state index in [2.05, 4.69) is 0 Å². The van der Waals surface area contributed by atoms with Crippen molar-refractivity contribution in [2.45, 2.75) is 0 Å². The summed E-state index contributed by atoms with van der Waals surface area (Å²) in [5.74, 6) is 0.909. The second-order valence-corrected chi connectivity index (χ2v) is 9.56. The lowest BCUT2D eigenvalue weighted by Crippen LogP contribution is -2.11. The molecule has 0 aliphatic heterocycles. The Morgan fingerprint density at radius 3 is 1.21 bits per heavy atom. The zero-order valence-corrected chi connectivity index (χ0v) is 23.0. The molecule has 6 aromatic rings. The largest absolute Gasteiger partial charge is 0.497 e. The number of benzene rings is 6. The molecule has 0 aliphatic rings. The van der Waals surface area contributed by atoms with Gasteiger partial charge in [0.25, 0.3) is 0 Å². The standard InChI is InChI=1S/C36H26O6/c1-39-27-17-11-25(12-18-27)35(37)41-31-21-15-23-7-3-5-9-29(23)33(31)34-30-10-6-4-8-24(30)16-22-32(34)42-36(38)26-13-19-28(40-2)20-14-26/h3-22H,1-2H3. The highest BCUT2D eigenvalue weighted by atomic mass is 16.5. The van der Waals surface area contributed by atoms with Gasteiger partial charge in [-0.1, -0.05) is 60.7 Å². The third-order valence-corrected chi connectivity index (χ3v) is 7.09. The van der Waals surface area contributed by atoms with Gasteiger partial charge >= 0.3 is 11.9 Å². The average molecular weight is 555 g/mol. The predicted octanol–water partition coefficient (Wildman–Crippen LogP) is 8.12. The van der Waals surface area contributed by atoms with Gasteiger partial charge in [-0.25, -0.2) is 9.59 Å². The number of carbonyl (C=O) groups is 2. The van der Waals surface area contributed by atoms with Crippen molar-refractivity contribution in [1.29, 1.82) is 0 Å². The third-order valence-electron chi connectivity index (χ3n) is 7.09. The summed E-state index contributed by atoms with van der Waals surface area (Å²) in [6, 6.07) is 36.5. The summed E-state index contributed by atoms with van der Waals surface area (Å²) in [5.41, 5.74) is 2.03. The van der Waals surface area contributed by atoms with E-state index in [1.165, 1.54) is 0 Å². The van der Waals surface area contributed by atoms with Crippen LogP contribution in [0.25, 0.3) is 32.7 Å². The number of rotatable bonds is 7. The van der Waals surface area contributed by atoms with Crippen LogP contribution >= 0.6 is 0 Å². The van der Waals surface area contributed by atoms with E-state index in [9.17, 15) is 9.59 Å². The monoisotopic (exact) mass is 554 g/mol. The average Bonchev–Trinajstić information content (AvgIpc) is 3.05. The van der Waals surface area contributed by atoms with Crippen LogP contribution in [0.5, 0.6) is 23.0 Å². The smallest absolute Gasteiger partial charge is 0.343 e. The molecule has 0 fully saturated rings. The first-order valence-corrected chi connectivity index (χ1v) is 13.3. The molecule has 0 atom stereocenters. The SMILES string of the molecule is COc1ccc(C(=O)Oc2ccc3ccccc3c2-c2c(OC(=O)c3ccc(OC)cc3)ccc3ccccc23)cc1. The summed E-state index contributed by atoms with van der Waals surface area (Å²) in [6.07, 6.45) is 0. The summed E-state index contributed by atoms with van der Waals surface area (Å²) in [7, 11) is 3.13. The molecule has 0 aliphatic carbocycles. The van der Waals surface area contributed by atoms with Crippen LogP contribution in [-0.4, -0.2) is 26.2 Å². The Labute approximate surface area is 242 Å². The molecule has 6 aromatic carbocycles. The van der Waals surface area contributed by atoms with Crippen molar-refractivity contribution in [3.8, 4) is 34.1 Å². The first kappa shape index (κ1) is 26.6. The van der Waals surface area contributed by atoms with Crippen molar-refractivity contribution in [1.82, 2.24) is 0 Å². The van der Waals surface area contributed by atoms with Gasteiger partial charge in [0.15, 0.2) is 0 Å². The fourth-order valence-electron chi connectivity index (χ4n) is 4.96. The highest BCUT2D eigenvalue weighted by Gasteiger charge is 2.23. The number of fused-ring (bicyclic) bond motifs is 2. The maximum atomic E-state index is 13.3. The number of methoxy groups -OCH3 is 2. The fourth-order valence-corrected chi connectivity index (χ4v) is 4.96. The maximum Gasteiger partial charge on any atom is 0.343 e. The first-order valence-electron chi connectivity index (χ1n) is 13.3. The Morgan fingerprint density at radius 2 is 0.833 bits per heavy atom. The molecule has 0 bridgehead atoms. The Morgan fingerprint density at radius 1 is 0.452 bits per heavy atom. The van der Waals surface area contributed by atoms with E-state index in [4.69, 9.17) is 18.9 Å². The Bertz CT molecular complexity index is 1780. The molecule has 0 N–H and O–H groups in total. The molecule has 0 amide bonds. The van der Waals surface area contributed by atoms with Crippen molar-refractivity contribution < 1.29 is 28.5 Å². The zero-order chi connectivity index (χ0) is 29.1. The van der Waals surface area contributed by atoms with Crippen LogP contribution in [0.4, 0.5) is 0 Å². The molecule has 0 heterocycles. The number of esters is 2. The molecule has 0 unspecified atom stereocenters. The molecular formula is C36H26O6. The maximum absolute atomic E-state index is 13.3. The fraction of sp³-hybridized carbons (Fsp3) is 0.0556. The predicted molar refractivity (Wildman–Crippen MR) is 163 cm³/mol. The van der Waals surface area contributed by atoms with Crippen LogP contribution in [-0.2, 0) is 0 Å². The van der Waals surface area contributed by atoms with Crippen molar-refractivity contribution in [3.05, 3.63) is 132 Å². The number of hydrogen-bond donors (Lipinski definition) is 0. The summed E-state index contributed by atoms with van der Waals surface area (Å²) >= 11 is 0. The van der Waals surface area contributed by atoms with Gasteiger partial charge in [0.05, 0.1) is 25.3 Å². The molecule has 0 radical (unpaired) electrons. The van der Waals surface area contributed by atoms with Crippen molar-refractivity contribution in [2.75, 3.05) is 14.2 Å². The van der Waals surface area contributed by atoms with Gasteiger partial charge in [-0.3, -0.25) is 0 Å². The van der Waals surface area contributed by atoms with Gasteiger partial charge < -0.3 is 18.9 Å². The van der Waals surface area contributed by atoms with Crippen LogP contribution in [0.3, 0.4) is 0 Å². The lowest BCUT2D eigenvalue weighted by Gasteiger charge is -2.19.